The van der Waals surface area contributed by atoms with E-state index in [1.807, 2.05) is 0 Å². The van der Waals surface area contributed by atoms with E-state index in [0.29, 0.717) is 23.7 Å². The third-order valence-electron chi connectivity index (χ3n) is 9.46. The molecule has 10 atom stereocenters. The van der Waals surface area contributed by atoms with Crippen LogP contribution in [0.2, 0.25) is 0 Å². The summed E-state index contributed by atoms with van der Waals surface area (Å²) in [5.41, 5.74) is -0.300. The molecule has 5 nitrogen and oxygen atoms in total. The van der Waals surface area contributed by atoms with Gasteiger partial charge in [-0.3, -0.25) is 4.79 Å². The maximum atomic E-state index is 12.4. The molecule has 146 valence electrons. The van der Waals surface area contributed by atoms with Gasteiger partial charge in [0.1, 0.15) is 6.61 Å². The number of rotatable bonds is 2. The summed E-state index contributed by atoms with van der Waals surface area (Å²) in [6.07, 6.45) is 6.55. The zero-order chi connectivity index (χ0) is 18.3. The third kappa shape index (κ3) is 2.04. The van der Waals surface area contributed by atoms with Crippen LogP contribution in [-0.2, 0) is 9.53 Å². The van der Waals surface area contributed by atoms with Gasteiger partial charge in [0.15, 0.2) is 12.1 Å². The molecule has 5 fully saturated rings. The molecular weight excluding hydrogens is 332 g/mol. The molecule has 3 N–H and O–H groups in total. The molecule has 1 heterocycles. The number of Topliss-reactive ketones (excluding diaryl/α,β-unsaturated/α-hetero) is 1. The number of hydrogen-bond acceptors (Lipinski definition) is 5. The monoisotopic (exact) mass is 364 g/mol. The third-order valence-corrected chi connectivity index (χ3v) is 9.46. The first kappa shape index (κ1) is 17.6. The molecule has 0 aromatic rings. The quantitative estimate of drug-likeness (QED) is 0.696. The lowest BCUT2D eigenvalue weighted by molar-refractivity contribution is -0.162. The Morgan fingerprint density at radius 3 is 2.73 bits per heavy atom. The normalized spacial score (nSPS) is 58.0. The standard InChI is InChI=1S/C21H32O5/c1-20-7-6-12(23)8-11(20)2-3-13-14-4-5-15(16(24)10-22)21(14)9-17(18(13)20)26-19(21)25/h11-15,17-19,22-23,25H,2-10H2,1H3/t11-,12-,13+,14+,15-,17+,18-,19+,20+,21-/m1/s1. The first-order valence-corrected chi connectivity index (χ1v) is 10.6. The summed E-state index contributed by atoms with van der Waals surface area (Å²) >= 11 is 0. The topological polar surface area (TPSA) is 87.0 Å². The van der Waals surface area contributed by atoms with E-state index in [1.54, 1.807) is 0 Å². The molecule has 5 aliphatic rings. The molecule has 2 bridgehead atoms. The van der Waals surface area contributed by atoms with Gasteiger partial charge in [0.25, 0.3) is 0 Å². The summed E-state index contributed by atoms with van der Waals surface area (Å²) in [4.78, 5) is 12.4. The zero-order valence-corrected chi connectivity index (χ0v) is 15.6. The molecular formula is C21H32O5. The molecule has 0 amide bonds. The highest BCUT2D eigenvalue weighted by molar-refractivity contribution is 5.83. The number of ketones is 1. The largest absolute Gasteiger partial charge is 0.393 e. The molecule has 26 heavy (non-hydrogen) atoms. The number of hydrogen-bond donors (Lipinski definition) is 3. The van der Waals surface area contributed by atoms with Crippen molar-refractivity contribution in [3.05, 3.63) is 0 Å². The second-order valence-electron chi connectivity index (χ2n) is 10.1. The molecule has 0 radical (unpaired) electrons. The van der Waals surface area contributed by atoms with E-state index in [0.717, 1.165) is 51.4 Å². The van der Waals surface area contributed by atoms with Gasteiger partial charge in [-0.2, -0.15) is 0 Å². The second kappa shape index (κ2) is 5.76. The van der Waals surface area contributed by atoms with Gasteiger partial charge < -0.3 is 20.1 Å². The molecule has 0 aromatic heterocycles. The molecule has 4 saturated carbocycles. The van der Waals surface area contributed by atoms with E-state index in [4.69, 9.17) is 4.74 Å². The maximum absolute atomic E-state index is 12.4. The van der Waals surface area contributed by atoms with Crippen LogP contribution in [0.1, 0.15) is 58.3 Å². The van der Waals surface area contributed by atoms with Crippen LogP contribution in [0.4, 0.5) is 0 Å². The van der Waals surface area contributed by atoms with Gasteiger partial charge in [-0.25, -0.2) is 0 Å². The van der Waals surface area contributed by atoms with Gasteiger partial charge in [0.2, 0.25) is 0 Å². The lowest BCUT2D eigenvalue weighted by Crippen LogP contribution is -2.58. The van der Waals surface area contributed by atoms with Crippen LogP contribution in [0, 0.1) is 40.4 Å². The minimum atomic E-state index is -0.873. The van der Waals surface area contributed by atoms with Crippen LogP contribution < -0.4 is 0 Å². The summed E-state index contributed by atoms with van der Waals surface area (Å²) in [6, 6.07) is 0. The van der Waals surface area contributed by atoms with Crippen LogP contribution in [0.3, 0.4) is 0 Å². The van der Waals surface area contributed by atoms with E-state index < -0.39 is 18.3 Å². The number of carbonyl (C=O) groups excluding carboxylic acids is 1. The van der Waals surface area contributed by atoms with Gasteiger partial charge in [0, 0.05) is 11.3 Å². The predicted octanol–water partition coefficient (Wildman–Crippen LogP) is 1.87. The summed E-state index contributed by atoms with van der Waals surface area (Å²) in [7, 11) is 0. The van der Waals surface area contributed by atoms with Gasteiger partial charge >= 0.3 is 0 Å². The number of aliphatic hydroxyl groups excluding tert-OH is 3. The Morgan fingerprint density at radius 2 is 1.96 bits per heavy atom. The fraction of sp³-hybridized carbons (Fsp3) is 0.952. The van der Waals surface area contributed by atoms with Gasteiger partial charge in [-0.15, -0.1) is 0 Å². The van der Waals surface area contributed by atoms with Crippen molar-refractivity contribution in [2.45, 2.75) is 76.8 Å². The van der Waals surface area contributed by atoms with Crippen LogP contribution in [0.5, 0.6) is 0 Å². The van der Waals surface area contributed by atoms with E-state index in [1.165, 1.54) is 0 Å². The summed E-state index contributed by atoms with van der Waals surface area (Å²) in [5, 5.41) is 30.6. The summed E-state index contributed by atoms with van der Waals surface area (Å²) < 4.78 is 6.18. The van der Waals surface area contributed by atoms with Crippen molar-refractivity contribution < 1.29 is 24.9 Å². The molecule has 0 unspecified atom stereocenters. The molecule has 5 rings (SSSR count). The Labute approximate surface area is 155 Å². The molecule has 1 saturated heterocycles. The SMILES string of the molecule is C[C@]12CC[C@@H](O)C[C@H]1CC[C@@H]1[C@@H]2[C@@H]2C[C@@]3([C@@H](C(=O)CO)CC[C@@H]13)[C@@H](O)O2. The van der Waals surface area contributed by atoms with Gasteiger partial charge in [-0.1, -0.05) is 6.92 Å². The van der Waals surface area contributed by atoms with Crippen LogP contribution in [0.15, 0.2) is 0 Å². The van der Waals surface area contributed by atoms with Crippen molar-refractivity contribution in [1.29, 1.82) is 0 Å². The van der Waals surface area contributed by atoms with Crippen molar-refractivity contribution in [1.82, 2.24) is 0 Å². The molecule has 1 spiro atoms. The molecule has 0 aromatic carbocycles. The van der Waals surface area contributed by atoms with Crippen LogP contribution >= 0.6 is 0 Å². The van der Waals surface area contributed by atoms with Crippen LogP contribution in [0.25, 0.3) is 0 Å². The van der Waals surface area contributed by atoms with Gasteiger partial charge in [-0.05, 0) is 80.5 Å². The Balaban J connectivity index is 1.53. The minimum Gasteiger partial charge on any atom is -0.393 e. The Kier molecular flexibility index (Phi) is 3.90. The predicted molar refractivity (Wildman–Crippen MR) is 93.9 cm³/mol. The lowest BCUT2D eigenvalue weighted by atomic mass is 9.44. The van der Waals surface area contributed by atoms with Crippen molar-refractivity contribution in [3.8, 4) is 0 Å². The number of carbonyl (C=O) groups is 1. The fourth-order valence-electron chi connectivity index (χ4n) is 8.47. The van der Waals surface area contributed by atoms with E-state index >= 15 is 0 Å². The van der Waals surface area contributed by atoms with E-state index in [9.17, 15) is 20.1 Å². The number of fused-ring (bicyclic) bond motifs is 6. The fourth-order valence-corrected chi connectivity index (χ4v) is 8.47. The highest BCUT2D eigenvalue weighted by atomic mass is 16.6. The highest BCUT2D eigenvalue weighted by Crippen LogP contribution is 2.71. The lowest BCUT2D eigenvalue weighted by Gasteiger charge is -2.60. The minimum absolute atomic E-state index is 0.0152. The Morgan fingerprint density at radius 1 is 1.15 bits per heavy atom. The van der Waals surface area contributed by atoms with Crippen molar-refractivity contribution in [3.63, 3.8) is 0 Å². The Hall–Kier alpha value is -0.490. The van der Waals surface area contributed by atoms with Crippen molar-refractivity contribution >= 4 is 5.78 Å². The average molecular weight is 364 g/mol. The first-order chi connectivity index (χ1) is 12.4. The van der Waals surface area contributed by atoms with Gasteiger partial charge in [0.05, 0.1) is 12.2 Å². The zero-order valence-electron chi connectivity index (χ0n) is 15.6. The van der Waals surface area contributed by atoms with Crippen LogP contribution in [-0.4, -0.2) is 46.2 Å². The van der Waals surface area contributed by atoms with Crippen molar-refractivity contribution in [2.24, 2.45) is 40.4 Å². The smallest absolute Gasteiger partial charge is 0.162 e. The highest BCUT2D eigenvalue weighted by Gasteiger charge is 2.71. The maximum Gasteiger partial charge on any atom is 0.162 e. The van der Waals surface area contributed by atoms with E-state index in [2.05, 4.69) is 6.92 Å². The van der Waals surface area contributed by atoms with E-state index in [-0.39, 0.29) is 29.3 Å². The molecule has 1 aliphatic heterocycles. The number of aliphatic hydroxyl groups is 3. The average Bonchev–Trinajstić information content (AvgIpc) is 3.14. The summed E-state index contributed by atoms with van der Waals surface area (Å²) in [5.74, 6) is 1.42. The second-order valence-corrected chi connectivity index (χ2v) is 10.1. The molecule has 4 aliphatic carbocycles. The number of ether oxygens (including phenoxy) is 1. The molecule has 5 heteroatoms. The first-order valence-electron chi connectivity index (χ1n) is 10.6. The Bertz CT molecular complexity index is 607. The van der Waals surface area contributed by atoms with Crippen molar-refractivity contribution in [2.75, 3.05) is 6.61 Å². The summed E-state index contributed by atoms with van der Waals surface area (Å²) in [6.45, 7) is 1.97.